The summed E-state index contributed by atoms with van der Waals surface area (Å²) in [5.74, 6) is 0. The van der Waals surface area contributed by atoms with Gasteiger partial charge in [-0.1, -0.05) is 0 Å². The van der Waals surface area contributed by atoms with Crippen molar-refractivity contribution in [3.05, 3.63) is 69.8 Å². The molecule has 0 aliphatic carbocycles. The first-order chi connectivity index (χ1) is 12.9. The molecular weight excluding hydrogens is 432 g/mol. The third-order valence-corrected chi connectivity index (χ3v) is 3.86. The van der Waals surface area contributed by atoms with E-state index in [9.17, 15) is 52.7 Å². The molecule has 0 saturated carbocycles. The lowest BCUT2D eigenvalue weighted by Crippen LogP contribution is -2.16. The molecule has 12 heteroatoms. The molecule has 2 aromatic rings. The molecule has 0 unspecified atom stereocenters. The fourth-order valence-electron chi connectivity index (χ4n) is 2.59. The van der Waals surface area contributed by atoms with Gasteiger partial charge in [-0.15, -0.1) is 0 Å². The van der Waals surface area contributed by atoms with E-state index in [0.717, 1.165) is 0 Å². The van der Waals surface area contributed by atoms with Crippen molar-refractivity contribution < 1.29 is 52.7 Å². The van der Waals surface area contributed by atoms with Crippen molar-refractivity contribution in [3.8, 4) is 0 Å². The molecule has 0 nitrogen and oxygen atoms in total. The van der Waals surface area contributed by atoms with Crippen LogP contribution in [-0.2, 0) is 31.1 Å². The highest BCUT2D eigenvalue weighted by Crippen LogP contribution is 2.40. The molecule has 2 aromatic carbocycles. The Bertz CT molecular complexity index is 808. The van der Waals surface area contributed by atoms with E-state index in [-0.39, 0.29) is 36.4 Å². The normalized spacial score (nSPS) is 13.7. The topological polar surface area (TPSA) is 0 Å². The first-order valence-electron chi connectivity index (χ1n) is 7.45. The number of benzene rings is 2. The van der Waals surface area contributed by atoms with Crippen LogP contribution in [0.3, 0.4) is 0 Å². The highest BCUT2D eigenvalue weighted by Gasteiger charge is 2.40. The Morgan fingerprint density at radius 2 is 0.759 bits per heavy atom. The fourth-order valence-corrected chi connectivity index (χ4v) is 2.59. The number of halogens is 12. The van der Waals surface area contributed by atoms with Crippen LogP contribution in [0.5, 0.6) is 0 Å². The van der Waals surface area contributed by atoms with Gasteiger partial charge in [-0.2, -0.15) is 52.7 Å². The molecule has 0 aliphatic rings. The monoisotopic (exact) mass is 440 g/mol. The second-order valence-electron chi connectivity index (χ2n) is 5.91. The third kappa shape index (κ3) is 5.36. The van der Waals surface area contributed by atoms with Crippen LogP contribution in [0.1, 0.15) is 33.4 Å². The SMILES string of the molecule is FC(F)(F)c1ccc(C(F)(F)F)c(Cc2cc(C(F)(F)F)ccc2C(F)(F)F)c1. The molecule has 0 fully saturated rings. The minimum Gasteiger partial charge on any atom is -0.166 e. The number of hydrogen-bond acceptors (Lipinski definition) is 0. The number of rotatable bonds is 2. The molecular formula is C17H8F12. The lowest BCUT2D eigenvalue weighted by molar-refractivity contribution is -0.142. The molecule has 0 radical (unpaired) electrons. The van der Waals surface area contributed by atoms with Crippen LogP contribution in [-0.4, -0.2) is 0 Å². The standard InChI is InChI=1S/C17H8F12/c18-14(19,20)10-1-3-12(16(24,25)26)8(6-10)5-9-7-11(15(21,22)23)2-4-13(9)17(27,28)29/h1-4,6-7H,5H2. The Kier molecular flexibility index (Phi) is 5.63. The quantitative estimate of drug-likeness (QED) is 0.429. The van der Waals surface area contributed by atoms with Crippen LogP contribution >= 0.6 is 0 Å². The van der Waals surface area contributed by atoms with Crippen molar-refractivity contribution in [2.24, 2.45) is 0 Å². The Labute approximate surface area is 154 Å². The number of hydrogen-bond donors (Lipinski definition) is 0. The summed E-state index contributed by atoms with van der Waals surface area (Å²) < 4.78 is 155. The van der Waals surface area contributed by atoms with Gasteiger partial charge in [0.25, 0.3) is 0 Å². The van der Waals surface area contributed by atoms with Crippen molar-refractivity contribution in [1.82, 2.24) is 0 Å². The summed E-state index contributed by atoms with van der Waals surface area (Å²) in [6, 6.07) is 0.177. The maximum absolute atomic E-state index is 13.1. The van der Waals surface area contributed by atoms with E-state index in [4.69, 9.17) is 0 Å². The van der Waals surface area contributed by atoms with E-state index >= 15 is 0 Å². The molecule has 0 aliphatic heterocycles. The maximum atomic E-state index is 13.1. The molecule has 160 valence electrons. The Balaban J connectivity index is 2.71. The van der Waals surface area contributed by atoms with Gasteiger partial charge in [0.15, 0.2) is 0 Å². The van der Waals surface area contributed by atoms with E-state index in [1.165, 1.54) is 0 Å². The zero-order valence-corrected chi connectivity index (χ0v) is 13.7. The van der Waals surface area contributed by atoms with Gasteiger partial charge in [-0.05, 0) is 53.9 Å². The Morgan fingerprint density at radius 3 is 1.00 bits per heavy atom. The highest BCUT2D eigenvalue weighted by atomic mass is 19.4. The average molecular weight is 440 g/mol. The minimum absolute atomic E-state index is 0.0246. The Hall–Kier alpha value is -2.40. The summed E-state index contributed by atoms with van der Waals surface area (Å²) in [5, 5.41) is 0. The van der Waals surface area contributed by atoms with E-state index in [1.807, 2.05) is 0 Å². The van der Waals surface area contributed by atoms with Gasteiger partial charge in [-0.3, -0.25) is 0 Å². The predicted octanol–water partition coefficient (Wildman–Crippen LogP) is 7.35. The summed E-state index contributed by atoms with van der Waals surface area (Å²) in [4.78, 5) is 0. The van der Waals surface area contributed by atoms with E-state index in [0.29, 0.717) is 0 Å². The molecule has 2 rings (SSSR count). The molecule has 0 N–H and O–H groups in total. The van der Waals surface area contributed by atoms with Gasteiger partial charge in [0.05, 0.1) is 22.3 Å². The van der Waals surface area contributed by atoms with Crippen molar-refractivity contribution >= 4 is 0 Å². The number of alkyl halides is 12. The van der Waals surface area contributed by atoms with Crippen molar-refractivity contribution in [1.29, 1.82) is 0 Å². The van der Waals surface area contributed by atoms with Crippen LogP contribution in [0.15, 0.2) is 36.4 Å². The maximum Gasteiger partial charge on any atom is 0.416 e. The van der Waals surface area contributed by atoms with Crippen molar-refractivity contribution in [2.75, 3.05) is 0 Å². The highest BCUT2D eigenvalue weighted by molar-refractivity contribution is 5.43. The van der Waals surface area contributed by atoms with Gasteiger partial charge in [0.2, 0.25) is 0 Å². The summed E-state index contributed by atoms with van der Waals surface area (Å²) in [7, 11) is 0. The Morgan fingerprint density at radius 1 is 0.448 bits per heavy atom. The van der Waals surface area contributed by atoms with E-state index in [2.05, 4.69) is 0 Å². The average Bonchev–Trinajstić information content (AvgIpc) is 2.51. The first-order valence-corrected chi connectivity index (χ1v) is 7.45. The summed E-state index contributed by atoms with van der Waals surface area (Å²) in [6.07, 6.45) is -22.1. The smallest absolute Gasteiger partial charge is 0.166 e. The molecule has 0 atom stereocenters. The molecule has 0 heterocycles. The second-order valence-corrected chi connectivity index (χ2v) is 5.91. The third-order valence-electron chi connectivity index (χ3n) is 3.86. The first kappa shape index (κ1) is 22.9. The van der Waals surface area contributed by atoms with Gasteiger partial charge in [-0.25, -0.2) is 0 Å². The van der Waals surface area contributed by atoms with Crippen molar-refractivity contribution in [2.45, 2.75) is 31.1 Å². The predicted molar refractivity (Wildman–Crippen MR) is 75.7 cm³/mol. The van der Waals surface area contributed by atoms with Crippen LogP contribution in [0.4, 0.5) is 52.7 Å². The fraction of sp³-hybridized carbons (Fsp3) is 0.294. The van der Waals surface area contributed by atoms with Gasteiger partial charge in [0, 0.05) is 0 Å². The molecule has 0 spiro atoms. The summed E-state index contributed by atoms with van der Waals surface area (Å²) in [6.45, 7) is 0. The van der Waals surface area contributed by atoms with Crippen LogP contribution in [0, 0.1) is 0 Å². The largest absolute Gasteiger partial charge is 0.416 e. The lowest BCUT2D eigenvalue weighted by Gasteiger charge is -2.19. The van der Waals surface area contributed by atoms with Gasteiger partial charge < -0.3 is 0 Å². The van der Waals surface area contributed by atoms with Crippen molar-refractivity contribution in [3.63, 3.8) is 0 Å². The zero-order chi connectivity index (χ0) is 22.4. The molecule has 0 aromatic heterocycles. The van der Waals surface area contributed by atoms with Crippen LogP contribution in [0.25, 0.3) is 0 Å². The van der Waals surface area contributed by atoms with Gasteiger partial charge >= 0.3 is 24.7 Å². The van der Waals surface area contributed by atoms with E-state index < -0.39 is 64.5 Å². The zero-order valence-electron chi connectivity index (χ0n) is 13.7. The lowest BCUT2D eigenvalue weighted by atomic mass is 9.93. The van der Waals surface area contributed by atoms with Crippen LogP contribution < -0.4 is 0 Å². The minimum atomic E-state index is -5.24. The summed E-state index contributed by atoms with van der Waals surface area (Å²) in [5.41, 5.74) is -9.01. The molecule has 0 saturated heterocycles. The molecule has 0 amide bonds. The van der Waals surface area contributed by atoms with E-state index in [1.54, 1.807) is 0 Å². The summed E-state index contributed by atoms with van der Waals surface area (Å²) >= 11 is 0. The molecule has 0 bridgehead atoms. The van der Waals surface area contributed by atoms with Gasteiger partial charge in [0.1, 0.15) is 0 Å². The van der Waals surface area contributed by atoms with Crippen LogP contribution in [0.2, 0.25) is 0 Å². The second kappa shape index (κ2) is 7.13. The molecule has 29 heavy (non-hydrogen) atoms.